The van der Waals surface area contributed by atoms with Crippen LogP contribution in [-0.4, -0.2) is 65.8 Å². The number of methoxy groups -OCH3 is 1. The first-order chi connectivity index (χ1) is 17.4. The molecule has 1 aromatic carbocycles. The molecule has 13 nitrogen and oxygen atoms in total. The second-order valence-corrected chi connectivity index (χ2v) is 13.6. The van der Waals surface area contributed by atoms with E-state index < -0.39 is 43.3 Å². The Hall–Kier alpha value is -3.72. The van der Waals surface area contributed by atoms with Gasteiger partial charge in [0, 0.05) is 24.2 Å². The normalized spacial score (nSPS) is 14.6. The molecule has 0 unspecified atom stereocenters. The zero-order chi connectivity index (χ0) is 28.6. The van der Waals surface area contributed by atoms with Gasteiger partial charge in [-0.1, -0.05) is 20.8 Å². The summed E-state index contributed by atoms with van der Waals surface area (Å²) in [5.41, 5.74) is 0.366. The van der Waals surface area contributed by atoms with Gasteiger partial charge in [0.15, 0.2) is 0 Å². The molecule has 1 aliphatic heterocycles. The van der Waals surface area contributed by atoms with Gasteiger partial charge < -0.3 is 10.1 Å². The Morgan fingerprint density at radius 3 is 2.21 bits per heavy atom. The van der Waals surface area contributed by atoms with Crippen molar-refractivity contribution in [2.24, 2.45) is 0 Å². The van der Waals surface area contributed by atoms with Gasteiger partial charge in [0.05, 0.1) is 37.1 Å². The summed E-state index contributed by atoms with van der Waals surface area (Å²) >= 11 is 0. The molecule has 0 radical (unpaired) electrons. The second kappa shape index (κ2) is 10.2. The quantitative estimate of drug-likeness (QED) is 0.506. The topological polar surface area (TPSA) is 172 Å². The molecule has 2 aromatic rings. The Morgan fingerprint density at radius 2 is 1.74 bits per heavy atom. The van der Waals surface area contributed by atoms with Crippen molar-refractivity contribution in [2.75, 3.05) is 40.1 Å². The molecule has 15 heteroatoms. The van der Waals surface area contributed by atoms with Gasteiger partial charge in [0.2, 0.25) is 26.0 Å². The molecule has 2 heterocycles. The number of hydrogen-bond acceptors (Lipinski definition) is 9. The third-order valence-electron chi connectivity index (χ3n) is 5.50. The number of pyridine rings is 1. The number of imide groups is 1. The third-order valence-corrected chi connectivity index (χ3v) is 8.75. The number of amides is 4. The summed E-state index contributed by atoms with van der Waals surface area (Å²) < 4.78 is 53.8. The summed E-state index contributed by atoms with van der Waals surface area (Å²) in [5, 5.41) is 4.84. The molecule has 1 aromatic heterocycles. The van der Waals surface area contributed by atoms with Crippen LogP contribution in [0.15, 0.2) is 30.5 Å². The number of ether oxygens (including phenoxy) is 1. The standard InChI is InChI=1S/C23H29N5O8S2/c1-23(2,3)17-12-15(27-10-9-19(29)26-22(27)31)11-16(20(17)36-4)21(30)25-18-8-7-14(13-24-18)28(37(5,32)33)38(6,34)35/h7-8,11-13H,9-10H2,1-6H3,(H,24,25,30)(H,26,29,31). The molecule has 1 fully saturated rings. The second-order valence-electron chi connectivity index (χ2n) is 9.66. The summed E-state index contributed by atoms with van der Waals surface area (Å²) in [6.45, 7) is 5.85. The van der Waals surface area contributed by atoms with Crippen molar-refractivity contribution in [1.29, 1.82) is 0 Å². The number of hydrogen-bond donors (Lipinski definition) is 2. The molecular formula is C23H29N5O8S2. The van der Waals surface area contributed by atoms with E-state index in [2.05, 4.69) is 15.6 Å². The highest BCUT2D eigenvalue weighted by molar-refractivity contribution is 8.09. The summed E-state index contributed by atoms with van der Waals surface area (Å²) in [5.74, 6) is -0.768. The van der Waals surface area contributed by atoms with Crippen LogP contribution < -0.4 is 24.0 Å². The van der Waals surface area contributed by atoms with Crippen LogP contribution in [0.2, 0.25) is 0 Å². The van der Waals surface area contributed by atoms with Crippen molar-refractivity contribution in [3.05, 3.63) is 41.6 Å². The number of rotatable bonds is 7. The smallest absolute Gasteiger partial charge is 0.328 e. The first-order valence-electron chi connectivity index (χ1n) is 11.2. The molecule has 1 aliphatic rings. The predicted molar refractivity (Wildman–Crippen MR) is 142 cm³/mol. The molecular weight excluding hydrogens is 538 g/mol. The third kappa shape index (κ3) is 6.22. The molecule has 0 bridgehead atoms. The Morgan fingerprint density at radius 1 is 1.11 bits per heavy atom. The highest BCUT2D eigenvalue weighted by Gasteiger charge is 2.31. The van der Waals surface area contributed by atoms with Crippen LogP contribution in [0.1, 0.15) is 43.1 Å². The van der Waals surface area contributed by atoms with Crippen molar-refractivity contribution in [2.45, 2.75) is 32.6 Å². The van der Waals surface area contributed by atoms with Crippen molar-refractivity contribution in [1.82, 2.24) is 10.3 Å². The molecule has 0 saturated carbocycles. The lowest BCUT2D eigenvalue weighted by Crippen LogP contribution is -2.49. The maximum absolute atomic E-state index is 13.4. The SMILES string of the molecule is COc1c(C(=O)Nc2ccc(N(S(C)(=O)=O)S(C)(=O)=O)cn2)cc(N2CCC(=O)NC2=O)cc1C(C)(C)C. The van der Waals surface area contributed by atoms with E-state index in [1.807, 2.05) is 20.8 Å². The molecule has 0 aliphatic carbocycles. The summed E-state index contributed by atoms with van der Waals surface area (Å²) in [7, 11) is -6.92. The highest BCUT2D eigenvalue weighted by Crippen LogP contribution is 2.38. The van der Waals surface area contributed by atoms with Gasteiger partial charge in [-0.05, 0) is 29.7 Å². The number of carbonyl (C=O) groups is 3. The number of carbonyl (C=O) groups excluding carboxylic acids is 3. The van der Waals surface area contributed by atoms with Crippen molar-refractivity contribution in [3.8, 4) is 5.75 Å². The van der Waals surface area contributed by atoms with E-state index in [1.54, 1.807) is 6.07 Å². The van der Waals surface area contributed by atoms with Crippen molar-refractivity contribution >= 4 is 55.1 Å². The number of benzene rings is 1. The minimum Gasteiger partial charge on any atom is -0.496 e. The van der Waals surface area contributed by atoms with E-state index in [4.69, 9.17) is 4.74 Å². The number of aromatic nitrogens is 1. The Bertz CT molecular complexity index is 1470. The van der Waals surface area contributed by atoms with E-state index in [0.717, 1.165) is 18.7 Å². The lowest BCUT2D eigenvalue weighted by Gasteiger charge is -2.30. The fourth-order valence-corrected chi connectivity index (χ4v) is 6.86. The van der Waals surface area contributed by atoms with Crippen molar-refractivity contribution < 1.29 is 36.0 Å². The molecule has 4 amide bonds. The number of nitrogens with zero attached hydrogens (tertiary/aromatic N) is 3. The van der Waals surface area contributed by atoms with Crippen LogP contribution in [0.5, 0.6) is 5.75 Å². The summed E-state index contributed by atoms with van der Waals surface area (Å²) in [6.07, 6.45) is 2.59. The fourth-order valence-electron chi connectivity index (χ4n) is 3.91. The highest BCUT2D eigenvalue weighted by atomic mass is 32.3. The molecule has 2 N–H and O–H groups in total. The van der Waals surface area contributed by atoms with E-state index in [1.165, 1.54) is 30.2 Å². The molecule has 38 heavy (non-hydrogen) atoms. The van der Waals surface area contributed by atoms with E-state index >= 15 is 0 Å². The minimum atomic E-state index is -4.16. The van der Waals surface area contributed by atoms with Crippen LogP contribution in [0.4, 0.5) is 22.0 Å². The Labute approximate surface area is 221 Å². The lowest BCUT2D eigenvalue weighted by atomic mass is 9.84. The van der Waals surface area contributed by atoms with E-state index in [9.17, 15) is 31.2 Å². The van der Waals surface area contributed by atoms with E-state index in [-0.39, 0.29) is 39.5 Å². The lowest BCUT2D eigenvalue weighted by molar-refractivity contribution is -0.120. The van der Waals surface area contributed by atoms with Gasteiger partial charge in [-0.2, -0.15) is 3.71 Å². The van der Waals surface area contributed by atoms with Gasteiger partial charge in [0.25, 0.3) is 5.91 Å². The van der Waals surface area contributed by atoms with Gasteiger partial charge >= 0.3 is 6.03 Å². The maximum atomic E-state index is 13.4. The zero-order valence-electron chi connectivity index (χ0n) is 21.7. The monoisotopic (exact) mass is 567 g/mol. The number of anilines is 3. The average Bonchev–Trinajstić information content (AvgIpc) is 2.77. The molecule has 3 rings (SSSR count). The number of sulfonamides is 2. The maximum Gasteiger partial charge on any atom is 0.328 e. The first-order valence-corrected chi connectivity index (χ1v) is 14.9. The molecule has 1 saturated heterocycles. The molecule has 0 spiro atoms. The van der Waals surface area contributed by atoms with Crippen molar-refractivity contribution in [3.63, 3.8) is 0 Å². The number of urea groups is 1. The average molecular weight is 568 g/mol. The van der Waals surface area contributed by atoms with Crippen LogP contribution in [0, 0.1) is 0 Å². The van der Waals surface area contributed by atoms with E-state index in [0.29, 0.717) is 11.3 Å². The van der Waals surface area contributed by atoms with Crippen LogP contribution >= 0.6 is 0 Å². The van der Waals surface area contributed by atoms with Gasteiger partial charge in [-0.25, -0.2) is 26.6 Å². The summed E-state index contributed by atoms with van der Waals surface area (Å²) in [6, 6.07) is 5.01. The minimum absolute atomic E-state index is 0.00628. The fraction of sp³-hybridized carbons (Fsp3) is 0.391. The number of nitrogens with one attached hydrogen (secondary N) is 2. The Kier molecular flexibility index (Phi) is 7.75. The van der Waals surface area contributed by atoms with Crippen LogP contribution in [0.3, 0.4) is 0 Å². The molecule has 206 valence electrons. The van der Waals surface area contributed by atoms with Crippen LogP contribution in [-0.2, 0) is 30.3 Å². The van der Waals surface area contributed by atoms with Crippen LogP contribution in [0.25, 0.3) is 0 Å². The van der Waals surface area contributed by atoms with Gasteiger partial charge in [0.1, 0.15) is 11.6 Å². The van der Waals surface area contributed by atoms with Gasteiger partial charge in [-0.3, -0.25) is 19.8 Å². The predicted octanol–water partition coefficient (Wildman–Crippen LogP) is 1.81. The zero-order valence-corrected chi connectivity index (χ0v) is 23.4. The summed E-state index contributed by atoms with van der Waals surface area (Å²) in [4.78, 5) is 42.8. The largest absolute Gasteiger partial charge is 0.496 e. The van der Waals surface area contributed by atoms with Gasteiger partial charge in [-0.15, -0.1) is 0 Å². The Balaban J connectivity index is 2.02. The molecule has 0 atom stereocenters. The first kappa shape index (κ1) is 28.8.